The van der Waals surface area contributed by atoms with Crippen molar-refractivity contribution in [1.29, 1.82) is 0 Å². The molecule has 2 N–H and O–H groups in total. The summed E-state index contributed by atoms with van der Waals surface area (Å²) >= 11 is 0. The van der Waals surface area contributed by atoms with Gasteiger partial charge in [-0.2, -0.15) is 13.2 Å². The maximum atomic E-state index is 14.3. The van der Waals surface area contributed by atoms with Crippen LogP contribution in [-0.2, 0) is 20.4 Å². The van der Waals surface area contributed by atoms with Crippen molar-refractivity contribution in [2.45, 2.75) is 93.4 Å². The number of likely N-dealkylation sites (tertiary alicyclic amines) is 1. The van der Waals surface area contributed by atoms with E-state index in [1.807, 2.05) is 9.80 Å². The second kappa shape index (κ2) is 9.60. The number of nitrogens with zero attached hydrogens (tertiary/aromatic N) is 3. The lowest BCUT2D eigenvalue weighted by Crippen LogP contribution is -2.63. The summed E-state index contributed by atoms with van der Waals surface area (Å²) in [7, 11) is -0.135. The number of anilines is 1. The molecule has 2 aliphatic carbocycles. The van der Waals surface area contributed by atoms with E-state index in [2.05, 4.69) is 10.3 Å². The maximum Gasteiger partial charge on any atom is 0.416 e. The lowest BCUT2D eigenvalue weighted by Gasteiger charge is -2.52. The molecule has 4 heterocycles. The Morgan fingerprint density at radius 1 is 1.29 bits per heavy atom. The standard InChI is InChI=1S/C27H37F3N4O4/c1-37-22-16-38-10-5-21(22)32-18-3-8-25(13-18,26(36)6-2-7-26)24(35)34-15-19-12-20(34)14-33(19)23-11-17(4-9-31-23)27(28,29)30/h4,9,11,18-22,32,36H,2-3,5-8,10,12-16H2,1H3/t18-,19+,20+,21+,22-,25-/m1/s1/i1D. The lowest BCUT2D eigenvalue weighted by atomic mass is 9.59. The Kier molecular flexibility index (Phi) is 6.33. The normalized spacial score (nSPS) is 36.8. The van der Waals surface area contributed by atoms with Crippen molar-refractivity contribution in [2.75, 3.05) is 38.3 Å². The van der Waals surface area contributed by atoms with Crippen LogP contribution >= 0.6 is 0 Å². The summed E-state index contributed by atoms with van der Waals surface area (Å²) in [5.74, 6) is 0.284. The maximum absolute atomic E-state index is 14.3. The first-order valence-electron chi connectivity index (χ1n) is 14.4. The molecule has 1 amide bonds. The molecule has 8 nitrogen and oxygen atoms in total. The van der Waals surface area contributed by atoms with Crippen molar-refractivity contribution < 1.29 is 33.9 Å². The van der Waals surface area contributed by atoms with Crippen molar-refractivity contribution in [3.05, 3.63) is 23.9 Å². The first-order chi connectivity index (χ1) is 18.6. The van der Waals surface area contributed by atoms with E-state index in [0.29, 0.717) is 64.2 Å². The zero-order valence-electron chi connectivity index (χ0n) is 22.5. The third-order valence-electron chi connectivity index (χ3n) is 9.83. The third kappa shape index (κ3) is 4.30. The smallest absolute Gasteiger partial charge is 0.389 e. The van der Waals surface area contributed by atoms with E-state index >= 15 is 0 Å². The quantitative estimate of drug-likeness (QED) is 0.575. The highest BCUT2D eigenvalue weighted by atomic mass is 19.4. The Labute approximate surface area is 222 Å². The molecule has 1 aromatic rings. The van der Waals surface area contributed by atoms with Gasteiger partial charge in [0, 0.05) is 45.1 Å². The van der Waals surface area contributed by atoms with Crippen LogP contribution in [0.4, 0.5) is 19.0 Å². The van der Waals surface area contributed by atoms with Crippen molar-refractivity contribution in [3.8, 4) is 0 Å². The van der Waals surface area contributed by atoms with Crippen LogP contribution in [0.3, 0.4) is 0 Å². The highest BCUT2D eigenvalue weighted by Gasteiger charge is 2.64. The zero-order chi connectivity index (χ0) is 27.4. The van der Waals surface area contributed by atoms with E-state index in [1.165, 1.54) is 6.20 Å². The number of halogens is 3. The first-order valence-corrected chi connectivity index (χ1v) is 13.7. The van der Waals surface area contributed by atoms with Crippen LogP contribution in [0.25, 0.3) is 0 Å². The molecule has 38 heavy (non-hydrogen) atoms. The number of hydrogen-bond acceptors (Lipinski definition) is 7. The zero-order valence-corrected chi connectivity index (χ0v) is 21.5. The fourth-order valence-electron chi connectivity index (χ4n) is 7.59. The van der Waals surface area contributed by atoms with Gasteiger partial charge in [-0.1, -0.05) is 0 Å². The summed E-state index contributed by atoms with van der Waals surface area (Å²) in [6.45, 7) is 1.92. The molecular weight excluding hydrogens is 501 g/mol. The molecule has 3 aliphatic heterocycles. The molecule has 1 aromatic heterocycles. The summed E-state index contributed by atoms with van der Waals surface area (Å²) in [4.78, 5) is 22.3. The number of pyridine rings is 1. The minimum Gasteiger partial charge on any atom is -0.389 e. The predicted octanol–water partition coefficient (Wildman–Crippen LogP) is 2.74. The average Bonchev–Trinajstić information content (AvgIpc) is 3.63. The van der Waals surface area contributed by atoms with Crippen LogP contribution < -0.4 is 10.2 Å². The molecule has 2 bridgehead atoms. The largest absolute Gasteiger partial charge is 0.416 e. The number of aliphatic hydroxyl groups is 1. The van der Waals surface area contributed by atoms with Crippen molar-refractivity contribution in [1.82, 2.24) is 15.2 Å². The molecule has 0 unspecified atom stereocenters. The van der Waals surface area contributed by atoms with Gasteiger partial charge in [0.05, 0.1) is 42.7 Å². The highest BCUT2D eigenvalue weighted by Crippen LogP contribution is 2.57. The summed E-state index contributed by atoms with van der Waals surface area (Å²) in [5, 5.41) is 15.4. The number of carbonyl (C=O) groups is 1. The van der Waals surface area contributed by atoms with E-state index in [-0.39, 0.29) is 43.3 Å². The number of rotatable bonds is 6. The highest BCUT2D eigenvalue weighted by molar-refractivity contribution is 5.86. The number of piperazine rings is 1. The molecule has 6 rings (SSSR count). The van der Waals surface area contributed by atoms with Crippen molar-refractivity contribution in [2.24, 2.45) is 5.41 Å². The third-order valence-corrected chi connectivity index (χ3v) is 9.83. The minimum absolute atomic E-state index is 0.0101. The van der Waals surface area contributed by atoms with E-state index in [4.69, 9.17) is 10.8 Å². The number of aromatic nitrogens is 1. The van der Waals surface area contributed by atoms with Crippen LogP contribution in [0.2, 0.25) is 0 Å². The van der Waals surface area contributed by atoms with Gasteiger partial charge in [-0.05, 0) is 63.5 Å². The van der Waals surface area contributed by atoms with Gasteiger partial charge in [-0.3, -0.25) is 4.79 Å². The van der Waals surface area contributed by atoms with Gasteiger partial charge in [0.15, 0.2) is 0 Å². The number of fused-ring (bicyclic) bond motifs is 2. The fraction of sp³-hybridized carbons (Fsp3) is 0.778. The van der Waals surface area contributed by atoms with Crippen molar-refractivity contribution in [3.63, 3.8) is 0 Å². The molecule has 11 heteroatoms. The van der Waals surface area contributed by atoms with Crippen LogP contribution in [-0.4, -0.2) is 90.2 Å². The van der Waals surface area contributed by atoms with E-state index in [0.717, 1.165) is 31.4 Å². The van der Waals surface area contributed by atoms with Crippen LogP contribution in [0.1, 0.15) is 58.3 Å². The van der Waals surface area contributed by atoms with Crippen LogP contribution in [0, 0.1) is 5.41 Å². The van der Waals surface area contributed by atoms with Gasteiger partial charge in [-0.25, -0.2) is 4.98 Å². The molecule has 210 valence electrons. The SMILES string of the molecule is [2H]CO[C@@H]1COCC[C@@H]1N[C@@H]1CC[C@@](C(=O)N2C[C@@H]3C[C@H]2CN3c2cc(C(F)(F)F)ccn2)(C2(O)CCC2)C1. The van der Waals surface area contributed by atoms with E-state index in [9.17, 15) is 23.1 Å². The van der Waals surface area contributed by atoms with Gasteiger partial charge >= 0.3 is 6.18 Å². The number of ether oxygens (including phenoxy) is 2. The second-order valence-corrected chi connectivity index (χ2v) is 11.8. The number of alkyl halides is 3. The Hall–Kier alpha value is -1.95. The van der Waals surface area contributed by atoms with Gasteiger partial charge in [0.25, 0.3) is 0 Å². The number of hydrogen-bond donors (Lipinski definition) is 2. The molecule has 3 saturated heterocycles. The average molecular weight is 540 g/mol. The molecule has 2 saturated carbocycles. The molecule has 6 atom stereocenters. The monoisotopic (exact) mass is 539 g/mol. The first kappa shape index (κ1) is 25.0. The summed E-state index contributed by atoms with van der Waals surface area (Å²) in [6, 6.07) is 1.94. The number of methoxy groups -OCH3 is 1. The Morgan fingerprint density at radius 3 is 2.82 bits per heavy atom. The molecular formula is C27H37F3N4O4. The molecule has 5 fully saturated rings. The molecule has 0 radical (unpaired) electrons. The molecule has 0 aromatic carbocycles. The lowest BCUT2D eigenvalue weighted by molar-refractivity contribution is -0.178. The summed E-state index contributed by atoms with van der Waals surface area (Å²) in [6.07, 6.45) is 2.01. The van der Waals surface area contributed by atoms with Crippen LogP contribution in [0.5, 0.6) is 0 Å². The predicted molar refractivity (Wildman–Crippen MR) is 133 cm³/mol. The van der Waals surface area contributed by atoms with E-state index in [1.54, 1.807) is 0 Å². The second-order valence-electron chi connectivity index (χ2n) is 11.8. The van der Waals surface area contributed by atoms with Crippen LogP contribution in [0.15, 0.2) is 18.3 Å². The fourth-order valence-corrected chi connectivity index (χ4v) is 7.59. The number of amides is 1. The Bertz CT molecular complexity index is 1070. The van der Waals surface area contributed by atoms with Gasteiger partial charge < -0.3 is 29.7 Å². The van der Waals surface area contributed by atoms with Gasteiger partial charge in [0.2, 0.25) is 5.91 Å². The molecule has 0 spiro atoms. The van der Waals surface area contributed by atoms with Gasteiger partial charge in [0.1, 0.15) is 5.82 Å². The Morgan fingerprint density at radius 2 is 2.13 bits per heavy atom. The molecule has 5 aliphatic rings. The number of nitrogens with one attached hydrogen (secondary N) is 1. The van der Waals surface area contributed by atoms with Gasteiger partial charge in [-0.15, -0.1) is 0 Å². The van der Waals surface area contributed by atoms with E-state index < -0.39 is 22.8 Å². The minimum atomic E-state index is -4.44. The Balaban J connectivity index is 1.17. The summed E-state index contributed by atoms with van der Waals surface area (Å²) < 4.78 is 58.4. The topological polar surface area (TPSA) is 87.2 Å². The summed E-state index contributed by atoms with van der Waals surface area (Å²) in [5.41, 5.74) is -2.63. The number of carbonyl (C=O) groups excluding carboxylic acids is 1. The van der Waals surface area contributed by atoms with Crippen molar-refractivity contribution >= 4 is 11.7 Å².